The van der Waals surface area contributed by atoms with Gasteiger partial charge in [-0.3, -0.25) is 4.79 Å². The molecule has 0 aromatic heterocycles. The summed E-state index contributed by atoms with van der Waals surface area (Å²) < 4.78 is 6.38. The lowest BCUT2D eigenvalue weighted by atomic mass is 10.2. The summed E-state index contributed by atoms with van der Waals surface area (Å²) in [6.07, 6.45) is 4.27. The molecule has 0 aliphatic heterocycles. The lowest BCUT2D eigenvalue weighted by Gasteiger charge is -2.05. The highest BCUT2D eigenvalue weighted by molar-refractivity contribution is 9.10. The zero-order valence-corrected chi connectivity index (χ0v) is 14.0. The van der Waals surface area contributed by atoms with E-state index in [2.05, 4.69) is 28.2 Å². The topological polar surface area (TPSA) is 38.3 Å². The Bertz CT molecular complexity index is 650. The van der Waals surface area contributed by atoms with E-state index in [0.717, 1.165) is 27.9 Å². The van der Waals surface area contributed by atoms with Crippen LogP contribution < -0.4 is 10.1 Å². The van der Waals surface area contributed by atoms with Gasteiger partial charge in [0.05, 0.1) is 12.3 Å². The van der Waals surface area contributed by atoms with Crippen molar-refractivity contribution in [3.63, 3.8) is 0 Å². The average Bonchev–Trinajstić information content (AvgIpc) is 2.54. The maximum Gasteiger partial charge on any atom is 0.248 e. The van der Waals surface area contributed by atoms with Crippen LogP contribution in [-0.2, 0) is 4.79 Å². The van der Waals surface area contributed by atoms with Crippen molar-refractivity contribution in [2.24, 2.45) is 0 Å². The molecule has 0 saturated carbocycles. The van der Waals surface area contributed by atoms with Gasteiger partial charge in [0.1, 0.15) is 5.75 Å². The second-order valence-electron chi connectivity index (χ2n) is 4.72. The van der Waals surface area contributed by atoms with E-state index in [-0.39, 0.29) is 5.91 Å². The molecule has 0 unspecified atom stereocenters. The molecule has 1 N–H and O–H groups in total. The molecule has 0 heterocycles. The minimum Gasteiger partial charge on any atom is -0.494 e. The first-order chi connectivity index (χ1) is 10.7. The summed E-state index contributed by atoms with van der Waals surface area (Å²) in [6.45, 7) is 2.78. The molecule has 0 aliphatic rings. The van der Waals surface area contributed by atoms with Gasteiger partial charge >= 0.3 is 0 Å². The Hall–Kier alpha value is -2.07. The molecule has 2 rings (SSSR count). The van der Waals surface area contributed by atoms with Crippen LogP contribution >= 0.6 is 15.9 Å². The highest BCUT2D eigenvalue weighted by Gasteiger charge is 2.01. The van der Waals surface area contributed by atoms with Gasteiger partial charge < -0.3 is 10.1 Å². The molecule has 22 heavy (non-hydrogen) atoms. The number of benzene rings is 2. The third-order valence-electron chi connectivity index (χ3n) is 2.91. The molecular formula is C18H18BrNO2. The highest BCUT2D eigenvalue weighted by Crippen LogP contribution is 2.21. The van der Waals surface area contributed by atoms with Crippen molar-refractivity contribution in [2.45, 2.75) is 13.3 Å². The van der Waals surface area contributed by atoms with Gasteiger partial charge in [-0.15, -0.1) is 0 Å². The van der Waals surface area contributed by atoms with Crippen LogP contribution in [0.25, 0.3) is 6.08 Å². The Labute approximate surface area is 139 Å². The minimum absolute atomic E-state index is 0.168. The molecule has 0 bridgehead atoms. The van der Waals surface area contributed by atoms with Crippen molar-refractivity contribution in [1.82, 2.24) is 0 Å². The molecule has 2 aromatic rings. The van der Waals surface area contributed by atoms with E-state index in [4.69, 9.17) is 4.74 Å². The van der Waals surface area contributed by atoms with Gasteiger partial charge in [0.2, 0.25) is 5.91 Å². The molecule has 0 saturated heterocycles. The van der Waals surface area contributed by atoms with Crippen LogP contribution in [0, 0.1) is 0 Å². The van der Waals surface area contributed by atoms with Crippen molar-refractivity contribution in [1.29, 1.82) is 0 Å². The van der Waals surface area contributed by atoms with Gasteiger partial charge in [0, 0.05) is 10.5 Å². The van der Waals surface area contributed by atoms with Crippen molar-refractivity contribution in [3.05, 3.63) is 64.6 Å². The SMILES string of the molecule is CCCOc1ccc(C=CC(=O)Nc2ccccc2Br)cc1. The Kier molecular flexibility index (Phi) is 6.22. The van der Waals surface area contributed by atoms with Crippen LogP contribution in [0.1, 0.15) is 18.9 Å². The number of halogens is 1. The first kappa shape index (κ1) is 16.3. The second-order valence-corrected chi connectivity index (χ2v) is 5.57. The van der Waals surface area contributed by atoms with Crippen molar-refractivity contribution >= 4 is 33.6 Å². The summed E-state index contributed by atoms with van der Waals surface area (Å²) in [5.74, 6) is 0.676. The zero-order valence-electron chi connectivity index (χ0n) is 12.4. The maximum atomic E-state index is 11.9. The second kappa shape index (κ2) is 8.39. The molecule has 1 amide bonds. The van der Waals surface area contributed by atoms with Crippen LogP contribution in [0.2, 0.25) is 0 Å². The predicted molar refractivity (Wildman–Crippen MR) is 94.0 cm³/mol. The van der Waals surface area contributed by atoms with Crippen molar-refractivity contribution < 1.29 is 9.53 Å². The fraction of sp³-hybridized carbons (Fsp3) is 0.167. The van der Waals surface area contributed by atoms with E-state index in [1.54, 1.807) is 6.08 Å². The monoisotopic (exact) mass is 359 g/mol. The fourth-order valence-electron chi connectivity index (χ4n) is 1.80. The molecule has 3 nitrogen and oxygen atoms in total. The number of carbonyl (C=O) groups is 1. The first-order valence-electron chi connectivity index (χ1n) is 7.15. The Morgan fingerprint density at radius 1 is 1.18 bits per heavy atom. The summed E-state index contributed by atoms with van der Waals surface area (Å²) >= 11 is 3.40. The van der Waals surface area contributed by atoms with E-state index < -0.39 is 0 Å². The molecule has 0 radical (unpaired) electrons. The first-order valence-corrected chi connectivity index (χ1v) is 7.95. The van der Waals surface area contributed by atoms with Gasteiger partial charge in [0.25, 0.3) is 0 Å². The predicted octanol–water partition coefficient (Wildman–Crippen LogP) is 4.89. The number of amides is 1. The van der Waals surface area contributed by atoms with Crippen molar-refractivity contribution in [3.8, 4) is 5.75 Å². The van der Waals surface area contributed by atoms with E-state index in [9.17, 15) is 4.79 Å². The number of para-hydroxylation sites is 1. The van der Waals surface area contributed by atoms with Gasteiger partial charge in [-0.1, -0.05) is 31.2 Å². The molecule has 4 heteroatoms. The molecule has 2 aromatic carbocycles. The lowest BCUT2D eigenvalue weighted by Crippen LogP contribution is -2.07. The van der Waals surface area contributed by atoms with E-state index >= 15 is 0 Å². The summed E-state index contributed by atoms with van der Waals surface area (Å²) in [5.41, 5.74) is 1.70. The minimum atomic E-state index is -0.168. The van der Waals surface area contributed by atoms with Crippen LogP contribution in [0.3, 0.4) is 0 Å². The largest absolute Gasteiger partial charge is 0.494 e. The third-order valence-corrected chi connectivity index (χ3v) is 3.60. The Morgan fingerprint density at radius 2 is 1.91 bits per heavy atom. The molecule has 114 valence electrons. The fourth-order valence-corrected chi connectivity index (χ4v) is 2.19. The lowest BCUT2D eigenvalue weighted by molar-refractivity contribution is -0.111. The van der Waals surface area contributed by atoms with Gasteiger partial charge in [-0.2, -0.15) is 0 Å². The molecular weight excluding hydrogens is 342 g/mol. The van der Waals surface area contributed by atoms with Crippen LogP contribution in [0.15, 0.2) is 59.1 Å². The maximum absolute atomic E-state index is 11.9. The summed E-state index contributed by atoms with van der Waals surface area (Å²) in [4.78, 5) is 11.9. The number of nitrogens with one attached hydrogen (secondary N) is 1. The van der Waals surface area contributed by atoms with Crippen LogP contribution in [0.4, 0.5) is 5.69 Å². The summed E-state index contributed by atoms with van der Waals surface area (Å²) in [6, 6.07) is 15.2. The number of hydrogen-bond donors (Lipinski definition) is 1. The molecule has 0 aliphatic carbocycles. The normalized spacial score (nSPS) is 10.6. The van der Waals surface area contributed by atoms with Crippen molar-refractivity contribution in [2.75, 3.05) is 11.9 Å². The summed E-state index contributed by atoms with van der Waals surface area (Å²) in [7, 11) is 0. The van der Waals surface area contributed by atoms with Gasteiger partial charge in [0.15, 0.2) is 0 Å². The smallest absolute Gasteiger partial charge is 0.248 e. The van der Waals surface area contributed by atoms with E-state index in [1.807, 2.05) is 48.5 Å². The van der Waals surface area contributed by atoms with Crippen LogP contribution in [-0.4, -0.2) is 12.5 Å². The summed E-state index contributed by atoms with van der Waals surface area (Å²) in [5, 5.41) is 2.82. The van der Waals surface area contributed by atoms with E-state index in [0.29, 0.717) is 6.61 Å². The zero-order chi connectivity index (χ0) is 15.8. The molecule has 0 atom stereocenters. The third kappa shape index (κ3) is 5.04. The average molecular weight is 360 g/mol. The number of carbonyl (C=O) groups excluding carboxylic acids is 1. The quantitative estimate of drug-likeness (QED) is 0.745. The number of anilines is 1. The Morgan fingerprint density at radius 3 is 2.59 bits per heavy atom. The molecule has 0 spiro atoms. The van der Waals surface area contributed by atoms with Gasteiger partial charge in [-0.25, -0.2) is 0 Å². The number of rotatable bonds is 6. The van der Waals surface area contributed by atoms with Gasteiger partial charge in [-0.05, 0) is 58.3 Å². The number of ether oxygens (including phenoxy) is 1. The van der Waals surface area contributed by atoms with E-state index in [1.165, 1.54) is 6.08 Å². The molecule has 0 fully saturated rings. The standard InChI is InChI=1S/C18H18BrNO2/c1-2-13-22-15-10-7-14(8-11-15)9-12-18(21)20-17-6-4-3-5-16(17)19/h3-12H,2,13H2,1H3,(H,20,21). The van der Waals surface area contributed by atoms with Crippen LogP contribution in [0.5, 0.6) is 5.75 Å². The Balaban J connectivity index is 1.93. The number of hydrogen-bond acceptors (Lipinski definition) is 2. The highest BCUT2D eigenvalue weighted by atomic mass is 79.9.